The summed E-state index contributed by atoms with van der Waals surface area (Å²) in [7, 11) is 0. The number of hydrogen-bond acceptors (Lipinski definition) is 3. The minimum absolute atomic E-state index is 0.00654. The molecule has 0 aromatic heterocycles. The van der Waals surface area contributed by atoms with Crippen molar-refractivity contribution in [2.45, 2.75) is 25.3 Å². The predicted octanol–water partition coefficient (Wildman–Crippen LogP) is 4.78. The van der Waals surface area contributed by atoms with Crippen LogP contribution in [0.25, 0.3) is 11.1 Å². The van der Waals surface area contributed by atoms with Crippen LogP contribution < -0.4 is 5.32 Å². The van der Waals surface area contributed by atoms with Crippen LogP contribution in [0.2, 0.25) is 0 Å². The quantitative estimate of drug-likeness (QED) is 0.601. The molecule has 0 radical (unpaired) electrons. The van der Waals surface area contributed by atoms with Gasteiger partial charge in [0.25, 0.3) is 5.91 Å². The fourth-order valence-corrected chi connectivity index (χ4v) is 5.28. The maximum atomic E-state index is 12.6. The molecule has 33 heavy (non-hydrogen) atoms. The van der Waals surface area contributed by atoms with Crippen LogP contribution in [0.3, 0.4) is 0 Å². The molecule has 2 aliphatic rings. The smallest absolute Gasteiger partial charge is 0.251 e. The highest BCUT2D eigenvalue weighted by Gasteiger charge is 2.28. The Morgan fingerprint density at radius 1 is 0.818 bits per heavy atom. The van der Waals surface area contributed by atoms with Gasteiger partial charge in [-0.15, -0.1) is 0 Å². The average Bonchev–Trinajstić information content (AvgIpc) is 2.89. The fourth-order valence-electron chi connectivity index (χ4n) is 5.28. The highest BCUT2D eigenvalue weighted by Crippen LogP contribution is 2.34. The standard InChI is InChI=1S/C29H33N3O/c33-29(26-15-13-24(14-16-26)23-7-2-1-3-8-23)30-17-18-31-19-21-32(22-20-31)28-12-6-10-25-9-4-5-11-27(25)28/h1-5,7-9,11,13-16,28H,6,10,12,17-22H2,(H,30,33). The average molecular weight is 440 g/mol. The first-order chi connectivity index (χ1) is 16.3. The van der Waals surface area contributed by atoms with Gasteiger partial charge >= 0.3 is 0 Å². The number of nitrogens with one attached hydrogen (secondary N) is 1. The molecule has 1 fully saturated rings. The van der Waals surface area contributed by atoms with Crippen molar-refractivity contribution < 1.29 is 4.79 Å². The molecular weight excluding hydrogens is 406 g/mol. The Morgan fingerprint density at radius 3 is 2.30 bits per heavy atom. The molecular formula is C29H33N3O. The summed E-state index contributed by atoms with van der Waals surface area (Å²) in [5.41, 5.74) is 6.10. The number of nitrogens with zero attached hydrogens (tertiary/aromatic N) is 2. The molecule has 3 aromatic carbocycles. The van der Waals surface area contributed by atoms with Crippen molar-refractivity contribution in [1.82, 2.24) is 15.1 Å². The second-order valence-electron chi connectivity index (χ2n) is 9.18. The summed E-state index contributed by atoms with van der Waals surface area (Å²) >= 11 is 0. The van der Waals surface area contributed by atoms with E-state index in [4.69, 9.17) is 0 Å². The minimum Gasteiger partial charge on any atom is -0.351 e. The number of rotatable bonds is 6. The molecule has 1 heterocycles. The van der Waals surface area contributed by atoms with Crippen molar-refractivity contribution in [3.63, 3.8) is 0 Å². The van der Waals surface area contributed by atoms with Gasteiger partial charge in [-0.05, 0) is 53.6 Å². The van der Waals surface area contributed by atoms with Crippen LogP contribution in [-0.2, 0) is 6.42 Å². The summed E-state index contributed by atoms with van der Waals surface area (Å²) < 4.78 is 0. The number of carbonyl (C=O) groups is 1. The molecule has 1 unspecified atom stereocenters. The maximum Gasteiger partial charge on any atom is 0.251 e. The number of fused-ring (bicyclic) bond motifs is 1. The summed E-state index contributed by atoms with van der Waals surface area (Å²) in [6.07, 6.45) is 3.79. The lowest BCUT2D eigenvalue weighted by Crippen LogP contribution is -2.49. The van der Waals surface area contributed by atoms with Crippen molar-refractivity contribution in [2.24, 2.45) is 0 Å². The van der Waals surface area contributed by atoms with Crippen LogP contribution >= 0.6 is 0 Å². The summed E-state index contributed by atoms with van der Waals surface area (Å²) in [5, 5.41) is 3.10. The van der Waals surface area contributed by atoms with Crippen molar-refractivity contribution >= 4 is 5.91 Å². The molecule has 0 bridgehead atoms. The van der Waals surface area contributed by atoms with Crippen LogP contribution in [0.4, 0.5) is 0 Å². The third kappa shape index (κ3) is 5.18. The molecule has 1 amide bonds. The van der Waals surface area contributed by atoms with Crippen LogP contribution in [0.15, 0.2) is 78.9 Å². The molecule has 1 aliphatic carbocycles. The number of piperazine rings is 1. The molecule has 1 atom stereocenters. The molecule has 0 saturated carbocycles. The first-order valence-corrected chi connectivity index (χ1v) is 12.3. The number of carbonyl (C=O) groups excluding carboxylic acids is 1. The van der Waals surface area contributed by atoms with Crippen molar-refractivity contribution in [2.75, 3.05) is 39.3 Å². The van der Waals surface area contributed by atoms with Gasteiger partial charge in [-0.25, -0.2) is 0 Å². The van der Waals surface area contributed by atoms with Crippen LogP contribution in [-0.4, -0.2) is 55.0 Å². The van der Waals surface area contributed by atoms with Gasteiger partial charge in [-0.2, -0.15) is 0 Å². The first kappa shape index (κ1) is 21.9. The molecule has 170 valence electrons. The molecule has 4 heteroatoms. The highest BCUT2D eigenvalue weighted by atomic mass is 16.1. The summed E-state index contributed by atoms with van der Waals surface area (Å²) in [6.45, 7) is 5.94. The van der Waals surface area contributed by atoms with Gasteiger partial charge in [0.1, 0.15) is 0 Å². The van der Waals surface area contributed by atoms with E-state index in [0.717, 1.165) is 43.9 Å². The van der Waals surface area contributed by atoms with Gasteiger partial charge in [-0.3, -0.25) is 14.6 Å². The van der Waals surface area contributed by atoms with Gasteiger partial charge in [0.2, 0.25) is 0 Å². The van der Waals surface area contributed by atoms with Crippen LogP contribution in [0.1, 0.15) is 40.4 Å². The monoisotopic (exact) mass is 439 g/mol. The Morgan fingerprint density at radius 2 is 1.52 bits per heavy atom. The molecule has 1 saturated heterocycles. The van der Waals surface area contributed by atoms with E-state index in [2.05, 4.69) is 51.5 Å². The van der Waals surface area contributed by atoms with Gasteiger partial charge in [-0.1, -0.05) is 66.7 Å². The van der Waals surface area contributed by atoms with E-state index in [1.54, 1.807) is 5.56 Å². The first-order valence-electron chi connectivity index (χ1n) is 12.3. The third-order valence-corrected chi connectivity index (χ3v) is 7.15. The summed E-state index contributed by atoms with van der Waals surface area (Å²) in [6, 6.07) is 27.7. The van der Waals surface area contributed by atoms with E-state index in [1.807, 2.05) is 42.5 Å². The topological polar surface area (TPSA) is 35.6 Å². The van der Waals surface area contributed by atoms with E-state index in [0.29, 0.717) is 12.6 Å². The molecule has 1 N–H and O–H groups in total. The van der Waals surface area contributed by atoms with Gasteiger partial charge in [0.15, 0.2) is 0 Å². The zero-order chi connectivity index (χ0) is 22.5. The van der Waals surface area contributed by atoms with Crippen molar-refractivity contribution in [3.8, 4) is 11.1 Å². The number of aryl methyl sites for hydroxylation is 1. The van der Waals surface area contributed by atoms with Gasteiger partial charge < -0.3 is 5.32 Å². The van der Waals surface area contributed by atoms with Gasteiger partial charge in [0.05, 0.1) is 0 Å². The normalized spacial score (nSPS) is 19.1. The van der Waals surface area contributed by atoms with E-state index < -0.39 is 0 Å². The SMILES string of the molecule is O=C(NCCN1CCN(C2CCCc3ccccc32)CC1)c1ccc(-c2ccccc2)cc1. The van der Waals surface area contributed by atoms with E-state index in [-0.39, 0.29) is 5.91 Å². The minimum atomic E-state index is 0.00654. The number of hydrogen-bond donors (Lipinski definition) is 1. The van der Waals surface area contributed by atoms with E-state index in [9.17, 15) is 4.79 Å². The Hall–Kier alpha value is -2.95. The van der Waals surface area contributed by atoms with Crippen molar-refractivity contribution in [3.05, 3.63) is 95.6 Å². The molecule has 1 aliphatic heterocycles. The van der Waals surface area contributed by atoms with Crippen LogP contribution in [0, 0.1) is 0 Å². The Labute approximate surface area is 197 Å². The molecule has 4 nitrogen and oxygen atoms in total. The molecule has 0 spiro atoms. The molecule has 5 rings (SSSR count). The van der Waals surface area contributed by atoms with Gasteiger partial charge in [0, 0.05) is 50.9 Å². The maximum absolute atomic E-state index is 12.6. The molecule has 3 aromatic rings. The largest absolute Gasteiger partial charge is 0.351 e. The van der Waals surface area contributed by atoms with Crippen molar-refractivity contribution in [1.29, 1.82) is 0 Å². The lowest BCUT2D eigenvalue weighted by molar-refractivity contribution is 0.0847. The lowest BCUT2D eigenvalue weighted by atomic mass is 9.86. The zero-order valence-corrected chi connectivity index (χ0v) is 19.2. The number of amides is 1. The van der Waals surface area contributed by atoms with Crippen LogP contribution in [0.5, 0.6) is 0 Å². The highest BCUT2D eigenvalue weighted by molar-refractivity contribution is 5.94. The predicted molar refractivity (Wildman–Crippen MR) is 134 cm³/mol. The van der Waals surface area contributed by atoms with E-state index >= 15 is 0 Å². The summed E-state index contributed by atoms with van der Waals surface area (Å²) in [5.74, 6) is 0.00654. The van der Waals surface area contributed by atoms with E-state index in [1.165, 1.54) is 30.4 Å². The zero-order valence-electron chi connectivity index (χ0n) is 19.2. The Bertz CT molecular complexity index is 1060. The lowest BCUT2D eigenvalue weighted by Gasteiger charge is -2.41. The fraction of sp³-hybridized carbons (Fsp3) is 0.345. The Balaban J connectivity index is 1.07. The summed E-state index contributed by atoms with van der Waals surface area (Å²) in [4.78, 5) is 17.7. The number of benzene rings is 3. The Kier molecular flexibility index (Phi) is 6.84. The second kappa shape index (κ2) is 10.3. The third-order valence-electron chi connectivity index (χ3n) is 7.15. The second-order valence-corrected chi connectivity index (χ2v) is 9.18.